The van der Waals surface area contributed by atoms with Crippen molar-refractivity contribution >= 4 is 22.5 Å². The molecule has 2 N–H and O–H groups in total. The highest BCUT2D eigenvalue weighted by atomic mass is 32.1. The van der Waals surface area contributed by atoms with Crippen LogP contribution in [0.3, 0.4) is 0 Å². The molecule has 1 aromatic rings. The number of aromatic carboxylic acids is 1. The number of carboxylic acid groups (broad SMARTS) is 1. The maximum absolute atomic E-state index is 10.6. The predicted molar refractivity (Wildman–Crippen MR) is 54.2 cm³/mol. The minimum absolute atomic E-state index is 0.142. The van der Waals surface area contributed by atoms with Crippen molar-refractivity contribution in [3.63, 3.8) is 0 Å². The second kappa shape index (κ2) is 3.93. The molecule has 1 saturated heterocycles. The molecule has 0 spiro atoms. The highest BCUT2D eigenvalue weighted by Crippen LogP contribution is 2.21. The van der Waals surface area contributed by atoms with Gasteiger partial charge in [-0.3, -0.25) is 0 Å². The Morgan fingerprint density at radius 3 is 2.86 bits per heavy atom. The second-order valence-corrected chi connectivity index (χ2v) is 3.88. The summed E-state index contributed by atoms with van der Waals surface area (Å²) >= 11 is 1.25. The quantitative estimate of drug-likeness (QED) is 0.737. The highest BCUT2D eigenvalue weighted by molar-refractivity contribution is 7.10. The van der Waals surface area contributed by atoms with Crippen molar-refractivity contribution in [2.45, 2.75) is 0 Å². The van der Waals surface area contributed by atoms with Crippen LogP contribution in [-0.2, 0) is 0 Å². The Kier molecular flexibility index (Phi) is 2.64. The van der Waals surface area contributed by atoms with Gasteiger partial charge >= 0.3 is 5.97 Å². The Labute approximate surface area is 85.5 Å². The van der Waals surface area contributed by atoms with E-state index in [1.807, 2.05) is 0 Å². The van der Waals surface area contributed by atoms with Gasteiger partial charge in [-0.25, -0.2) is 4.79 Å². The minimum Gasteiger partial charge on any atom is -0.476 e. The van der Waals surface area contributed by atoms with Crippen LogP contribution in [0, 0.1) is 0 Å². The zero-order valence-corrected chi connectivity index (χ0v) is 8.38. The van der Waals surface area contributed by atoms with Crippen LogP contribution in [0.2, 0.25) is 0 Å². The van der Waals surface area contributed by atoms with E-state index in [4.69, 9.17) is 5.11 Å². The van der Waals surface area contributed by atoms with Gasteiger partial charge < -0.3 is 15.3 Å². The fourth-order valence-corrected chi connectivity index (χ4v) is 2.19. The summed E-state index contributed by atoms with van der Waals surface area (Å²) in [7, 11) is 0. The van der Waals surface area contributed by atoms with Crippen LogP contribution in [0.5, 0.6) is 0 Å². The maximum Gasteiger partial charge on any atom is 0.355 e. The smallest absolute Gasteiger partial charge is 0.355 e. The number of anilines is 1. The first-order chi connectivity index (χ1) is 6.77. The van der Waals surface area contributed by atoms with E-state index in [1.165, 1.54) is 11.5 Å². The molecule has 76 valence electrons. The first-order valence-electron chi connectivity index (χ1n) is 4.43. The third kappa shape index (κ3) is 1.85. The van der Waals surface area contributed by atoms with Gasteiger partial charge in [-0.15, -0.1) is 0 Å². The summed E-state index contributed by atoms with van der Waals surface area (Å²) in [5.74, 6) is -0.956. The molecule has 5 nitrogen and oxygen atoms in total. The van der Waals surface area contributed by atoms with Crippen LogP contribution in [0.25, 0.3) is 0 Å². The number of rotatable bonds is 2. The van der Waals surface area contributed by atoms with Crippen molar-refractivity contribution in [2.75, 3.05) is 31.1 Å². The lowest BCUT2D eigenvalue weighted by Gasteiger charge is -2.27. The van der Waals surface area contributed by atoms with E-state index < -0.39 is 5.97 Å². The number of carboxylic acids is 1. The van der Waals surface area contributed by atoms with Gasteiger partial charge in [-0.05, 0) is 11.5 Å². The number of nitrogens with one attached hydrogen (secondary N) is 1. The van der Waals surface area contributed by atoms with Crippen LogP contribution in [0.4, 0.5) is 5.00 Å². The fraction of sp³-hybridized carbons (Fsp3) is 0.500. The molecule has 6 heteroatoms. The number of carbonyl (C=O) groups is 1. The molecule has 1 aromatic heterocycles. The molecule has 0 radical (unpaired) electrons. The molecular formula is C8H11N3O2S. The molecule has 14 heavy (non-hydrogen) atoms. The molecule has 1 aliphatic heterocycles. The lowest BCUT2D eigenvalue weighted by Crippen LogP contribution is -2.43. The molecule has 1 aliphatic rings. The van der Waals surface area contributed by atoms with Crippen LogP contribution in [-0.4, -0.2) is 41.6 Å². The van der Waals surface area contributed by atoms with Crippen LogP contribution in [0.15, 0.2) is 6.07 Å². The minimum atomic E-state index is -0.956. The molecule has 0 bridgehead atoms. The standard InChI is InChI=1S/C8H11N3O2S/c12-8(13)6-5-7(14-10-6)11-3-1-9-2-4-11/h5,9H,1-4H2,(H,12,13). The molecular weight excluding hydrogens is 202 g/mol. The molecule has 2 rings (SSSR count). The number of hydrogen-bond donors (Lipinski definition) is 2. The number of hydrogen-bond acceptors (Lipinski definition) is 5. The Hall–Kier alpha value is -1.14. The van der Waals surface area contributed by atoms with Crippen molar-refractivity contribution in [1.29, 1.82) is 0 Å². The number of aromatic nitrogens is 1. The first-order valence-corrected chi connectivity index (χ1v) is 5.20. The van der Waals surface area contributed by atoms with E-state index in [9.17, 15) is 4.79 Å². The Morgan fingerprint density at radius 1 is 1.57 bits per heavy atom. The third-order valence-corrected chi connectivity index (χ3v) is 3.00. The van der Waals surface area contributed by atoms with E-state index in [1.54, 1.807) is 6.07 Å². The topological polar surface area (TPSA) is 65.5 Å². The average Bonchev–Trinajstić information content (AvgIpc) is 2.68. The van der Waals surface area contributed by atoms with Crippen LogP contribution >= 0.6 is 11.5 Å². The summed E-state index contributed by atoms with van der Waals surface area (Å²) in [6.07, 6.45) is 0. The van der Waals surface area contributed by atoms with Gasteiger partial charge in [0.1, 0.15) is 5.00 Å². The van der Waals surface area contributed by atoms with Crippen molar-refractivity contribution in [3.05, 3.63) is 11.8 Å². The maximum atomic E-state index is 10.6. The molecule has 0 saturated carbocycles. The van der Waals surface area contributed by atoms with Crippen molar-refractivity contribution in [3.8, 4) is 0 Å². The van der Waals surface area contributed by atoms with Crippen molar-refractivity contribution < 1.29 is 9.90 Å². The van der Waals surface area contributed by atoms with Gasteiger partial charge in [0.15, 0.2) is 5.69 Å². The summed E-state index contributed by atoms with van der Waals surface area (Å²) in [5.41, 5.74) is 0.142. The van der Waals surface area contributed by atoms with E-state index in [-0.39, 0.29) is 5.69 Å². The van der Waals surface area contributed by atoms with Gasteiger partial charge in [0.25, 0.3) is 0 Å². The lowest BCUT2D eigenvalue weighted by atomic mass is 10.3. The Bertz CT molecular complexity index is 333. The Balaban J connectivity index is 2.11. The van der Waals surface area contributed by atoms with E-state index in [0.717, 1.165) is 31.2 Å². The zero-order chi connectivity index (χ0) is 9.97. The predicted octanol–water partition coefficient (Wildman–Crippen LogP) is 0.251. The molecule has 1 fully saturated rings. The monoisotopic (exact) mass is 213 g/mol. The second-order valence-electron chi connectivity index (χ2n) is 3.09. The van der Waals surface area contributed by atoms with E-state index >= 15 is 0 Å². The molecule has 0 aliphatic carbocycles. The highest BCUT2D eigenvalue weighted by Gasteiger charge is 2.15. The normalized spacial score (nSPS) is 17.0. The Morgan fingerprint density at radius 2 is 2.29 bits per heavy atom. The van der Waals surface area contributed by atoms with Gasteiger partial charge in [0.05, 0.1) is 0 Å². The molecule has 2 heterocycles. The van der Waals surface area contributed by atoms with Gasteiger partial charge in [0.2, 0.25) is 0 Å². The van der Waals surface area contributed by atoms with Crippen LogP contribution < -0.4 is 10.2 Å². The van der Waals surface area contributed by atoms with Gasteiger partial charge in [-0.2, -0.15) is 4.37 Å². The first kappa shape index (κ1) is 9.42. The molecule has 0 amide bonds. The van der Waals surface area contributed by atoms with Gasteiger partial charge in [-0.1, -0.05) is 0 Å². The van der Waals surface area contributed by atoms with Gasteiger partial charge in [0, 0.05) is 32.2 Å². The van der Waals surface area contributed by atoms with Crippen molar-refractivity contribution in [2.24, 2.45) is 0 Å². The molecule has 0 atom stereocenters. The van der Waals surface area contributed by atoms with E-state index in [0.29, 0.717) is 0 Å². The SMILES string of the molecule is O=C(O)c1cc(N2CCNCC2)sn1. The summed E-state index contributed by atoms with van der Waals surface area (Å²) in [4.78, 5) is 12.8. The van der Waals surface area contributed by atoms with Crippen LogP contribution in [0.1, 0.15) is 10.5 Å². The molecule has 0 unspecified atom stereocenters. The third-order valence-electron chi connectivity index (χ3n) is 2.15. The summed E-state index contributed by atoms with van der Waals surface area (Å²) in [6.45, 7) is 3.73. The fourth-order valence-electron chi connectivity index (χ4n) is 1.40. The summed E-state index contributed by atoms with van der Waals surface area (Å²) in [6, 6.07) is 1.64. The zero-order valence-electron chi connectivity index (χ0n) is 7.56. The number of piperazine rings is 1. The summed E-state index contributed by atoms with van der Waals surface area (Å²) in [5, 5.41) is 12.9. The average molecular weight is 213 g/mol. The van der Waals surface area contributed by atoms with E-state index in [2.05, 4.69) is 14.6 Å². The largest absolute Gasteiger partial charge is 0.476 e. The summed E-state index contributed by atoms with van der Waals surface area (Å²) < 4.78 is 3.87. The lowest BCUT2D eigenvalue weighted by molar-refractivity contribution is 0.0692. The van der Waals surface area contributed by atoms with Crippen molar-refractivity contribution in [1.82, 2.24) is 9.69 Å². The molecule has 0 aromatic carbocycles. The number of nitrogens with zero attached hydrogens (tertiary/aromatic N) is 2.